The second kappa shape index (κ2) is 28.9. The van der Waals surface area contributed by atoms with Crippen LogP contribution in [0.4, 0.5) is 22.7 Å². The number of hydrogen-bond acceptors (Lipinski definition) is 12. The molecule has 0 radical (unpaired) electrons. The Bertz CT molecular complexity index is 2980. The fourth-order valence-corrected chi connectivity index (χ4v) is 11.5. The summed E-state index contributed by atoms with van der Waals surface area (Å²) in [6, 6.07) is 42.7. The molecule has 2 unspecified atom stereocenters. The third-order valence-electron chi connectivity index (χ3n) is 16.3. The van der Waals surface area contributed by atoms with Crippen molar-refractivity contribution in [3.8, 4) is 11.5 Å². The van der Waals surface area contributed by atoms with E-state index in [1.807, 2.05) is 188 Å². The van der Waals surface area contributed by atoms with Crippen LogP contribution in [0.25, 0.3) is 0 Å². The van der Waals surface area contributed by atoms with Crippen LogP contribution in [0.5, 0.6) is 11.5 Å². The Morgan fingerprint density at radius 2 is 0.800 bits per heavy atom. The lowest BCUT2D eigenvalue weighted by Crippen LogP contribution is -2.54. The zero-order chi connectivity index (χ0) is 60.3. The van der Waals surface area contributed by atoms with Crippen molar-refractivity contribution in [1.82, 2.24) is 9.80 Å². The molecular weight excluding hydrogens is 1070 g/mol. The lowest BCUT2D eigenvalue weighted by molar-refractivity contribution is -0.192. The van der Waals surface area contributed by atoms with E-state index in [0.29, 0.717) is 72.9 Å². The highest BCUT2D eigenvalue weighted by atomic mass is 16.6. The largest absolute Gasteiger partial charge is 0.493 e. The molecule has 0 aliphatic heterocycles. The zero-order valence-corrected chi connectivity index (χ0v) is 52.2. The van der Waals surface area contributed by atoms with E-state index in [0.717, 1.165) is 70.7 Å². The van der Waals surface area contributed by atoms with Crippen molar-refractivity contribution in [2.24, 2.45) is 0 Å². The molecule has 2 atom stereocenters. The van der Waals surface area contributed by atoms with Crippen molar-refractivity contribution in [2.45, 2.75) is 115 Å². The molecule has 0 spiro atoms. The van der Waals surface area contributed by atoms with E-state index in [9.17, 15) is 0 Å². The van der Waals surface area contributed by atoms with Crippen LogP contribution in [0, 0.1) is 0 Å². The van der Waals surface area contributed by atoms with Gasteiger partial charge in [0.2, 0.25) is 11.2 Å². The molecule has 2 aliphatic rings. The van der Waals surface area contributed by atoms with Crippen molar-refractivity contribution in [1.29, 1.82) is 0 Å². The summed E-state index contributed by atoms with van der Waals surface area (Å²) in [6.45, 7) is 11.2. The van der Waals surface area contributed by atoms with E-state index in [1.165, 1.54) is 0 Å². The molecule has 0 saturated carbocycles. The molecule has 85 heavy (non-hydrogen) atoms. The summed E-state index contributed by atoms with van der Waals surface area (Å²) in [5, 5.41) is 0. The molecule has 0 bridgehead atoms. The molecule has 2 amide bonds. The van der Waals surface area contributed by atoms with Crippen molar-refractivity contribution in [2.75, 3.05) is 102 Å². The Labute approximate surface area is 504 Å². The Morgan fingerprint density at radius 1 is 0.459 bits per heavy atom. The maximum atomic E-state index is 16.4. The smallest absolute Gasteiger partial charge is 0.418 e. The fourth-order valence-electron chi connectivity index (χ4n) is 11.5. The molecule has 2 aliphatic carbocycles. The molecule has 0 heterocycles. The molecule has 0 fully saturated rings. The van der Waals surface area contributed by atoms with Crippen LogP contribution in [0.15, 0.2) is 133 Å². The van der Waals surface area contributed by atoms with Gasteiger partial charge in [-0.25, -0.2) is 9.59 Å². The topological polar surface area (TPSA) is 156 Å². The molecule has 15 heteroatoms. The minimum atomic E-state index is -2.05. The van der Waals surface area contributed by atoms with Gasteiger partial charge in [0.15, 0.2) is 0 Å². The number of ether oxygens (including phenoxy) is 4. The Balaban J connectivity index is 0.0000104. The van der Waals surface area contributed by atoms with E-state index in [1.54, 1.807) is 21.9 Å². The van der Waals surface area contributed by atoms with Gasteiger partial charge >= 0.3 is 11.9 Å². The standard InChI is InChI=1S/C70H88N6O8.H2O/c1-49(2)53-29-37-57(38-30-53)75(47-51-25-33-55(34-26-51)73(9)10)67(79)69(41-15-19-59-61(69)21-13-23-63(59)81-45-17-43-71(5)6)83-65(77)66(78)84-70(42-16-20-60-62(70)22-14-24-64(60)82-46-18-44-72(7)8)68(80)76(58-39-31-54(32-40-58)50(3)4)48-52-27-35-56(36-28-52)74(11)12;/h13-14,21-40,49-50H,15-20,41-48H2,1-12H3;1H2. The normalized spacial score (nSPS) is 16.2. The van der Waals surface area contributed by atoms with Crippen LogP contribution in [-0.2, 0) is 65.8 Å². The van der Waals surface area contributed by atoms with E-state index < -0.39 is 35.0 Å². The minimum Gasteiger partial charge on any atom is -0.493 e. The van der Waals surface area contributed by atoms with Crippen LogP contribution in [0.1, 0.15) is 123 Å². The number of nitrogens with zero attached hydrogens (tertiary/aromatic N) is 6. The predicted octanol–water partition coefficient (Wildman–Crippen LogP) is 11.2. The molecule has 2 N–H and O–H groups in total. The first kappa shape index (κ1) is 64.8. The average Bonchev–Trinajstić information content (AvgIpc) is 1.73. The van der Waals surface area contributed by atoms with Crippen LogP contribution in [0.2, 0.25) is 0 Å². The van der Waals surface area contributed by atoms with Crippen molar-refractivity contribution < 1.29 is 43.6 Å². The van der Waals surface area contributed by atoms with Gasteiger partial charge in [-0.3, -0.25) is 9.59 Å². The quantitative estimate of drug-likeness (QED) is 0.0322. The third kappa shape index (κ3) is 15.2. The molecule has 8 rings (SSSR count). The van der Waals surface area contributed by atoms with Crippen LogP contribution in [-0.4, -0.2) is 122 Å². The molecule has 0 aromatic heterocycles. The number of hydrogen-bond donors (Lipinski definition) is 0. The monoisotopic (exact) mass is 1160 g/mol. The van der Waals surface area contributed by atoms with Gasteiger partial charge in [0.05, 0.1) is 26.3 Å². The summed E-state index contributed by atoms with van der Waals surface area (Å²) in [4.78, 5) is 75.4. The molecule has 0 saturated heterocycles. The summed E-state index contributed by atoms with van der Waals surface area (Å²) < 4.78 is 26.5. The molecule has 454 valence electrons. The van der Waals surface area contributed by atoms with Gasteiger partial charge < -0.3 is 53.8 Å². The van der Waals surface area contributed by atoms with Gasteiger partial charge in [-0.1, -0.05) is 100 Å². The number of anilines is 4. The first-order valence-electron chi connectivity index (χ1n) is 29.8. The summed E-state index contributed by atoms with van der Waals surface area (Å²) in [5.41, 5.74) is 5.22. The van der Waals surface area contributed by atoms with E-state index in [-0.39, 0.29) is 43.2 Å². The van der Waals surface area contributed by atoms with E-state index in [2.05, 4.69) is 37.5 Å². The van der Waals surface area contributed by atoms with Gasteiger partial charge in [0, 0.05) is 99.1 Å². The van der Waals surface area contributed by atoms with Crippen molar-refractivity contribution in [3.63, 3.8) is 0 Å². The Hall–Kier alpha value is -7.72. The highest BCUT2D eigenvalue weighted by molar-refractivity contribution is 6.31. The molecule has 6 aromatic carbocycles. The highest BCUT2D eigenvalue weighted by Gasteiger charge is 2.55. The van der Waals surface area contributed by atoms with Gasteiger partial charge in [-0.2, -0.15) is 0 Å². The first-order chi connectivity index (χ1) is 40.2. The molecule has 15 nitrogen and oxygen atoms in total. The van der Waals surface area contributed by atoms with Crippen molar-refractivity contribution in [3.05, 3.63) is 178 Å². The zero-order valence-electron chi connectivity index (χ0n) is 52.2. The van der Waals surface area contributed by atoms with Gasteiger partial charge in [0.1, 0.15) is 11.5 Å². The van der Waals surface area contributed by atoms with Crippen molar-refractivity contribution >= 4 is 46.5 Å². The van der Waals surface area contributed by atoms with Crippen LogP contribution in [0.3, 0.4) is 0 Å². The van der Waals surface area contributed by atoms with E-state index in [4.69, 9.17) is 18.9 Å². The first-order valence-corrected chi connectivity index (χ1v) is 29.8. The Kier molecular flexibility index (Phi) is 22.1. The minimum absolute atomic E-state index is 0. The summed E-state index contributed by atoms with van der Waals surface area (Å²) >= 11 is 0. The van der Waals surface area contributed by atoms with Crippen LogP contribution < -0.4 is 29.1 Å². The average molecular weight is 1160 g/mol. The summed E-state index contributed by atoms with van der Waals surface area (Å²) in [6.07, 6.45) is 3.52. The SMILES string of the molecule is CC(C)c1ccc(N(Cc2ccc(N(C)C)cc2)C(=O)C2(OC(=O)C(=O)OC3(C(=O)N(Cc4ccc(N(C)C)cc4)c4ccc(C(C)C)cc4)CCCc4c(OCCCN(C)C)cccc43)CCCc3c(OCCCN(C)C)cccc32)cc1.O. The second-order valence-electron chi connectivity index (χ2n) is 24.1. The predicted molar refractivity (Wildman–Crippen MR) is 340 cm³/mol. The summed E-state index contributed by atoms with van der Waals surface area (Å²) in [7, 11) is 16.0. The van der Waals surface area contributed by atoms with Crippen LogP contribution >= 0.6 is 0 Å². The number of rotatable bonds is 24. The van der Waals surface area contributed by atoms with Gasteiger partial charge in [-0.05, 0) is 161 Å². The Morgan fingerprint density at radius 3 is 1.12 bits per heavy atom. The number of benzene rings is 6. The molecular formula is C70H90N6O9. The highest BCUT2D eigenvalue weighted by Crippen LogP contribution is 2.47. The third-order valence-corrected chi connectivity index (χ3v) is 16.3. The van der Waals surface area contributed by atoms with Gasteiger partial charge in [-0.15, -0.1) is 0 Å². The second-order valence-corrected chi connectivity index (χ2v) is 24.1. The number of amides is 2. The fraction of sp³-hybridized carbons (Fsp3) is 0.429. The number of carbonyl (C=O) groups excluding carboxylic acids is 4. The lowest BCUT2D eigenvalue weighted by atomic mass is 9.77. The molecule has 6 aromatic rings. The maximum Gasteiger partial charge on any atom is 0.418 e. The number of carbonyl (C=O) groups is 4. The maximum absolute atomic E-state index is 16.4. The number of esters is 2. The number of fused-ring (bicyclic) bond motifs is 2. The van der Waals surface area contributed by atoms with Gasteiger partial charge in [0.25, 0.3) is 11.8 Å². The lowest BCUT2D eigenvalue weighted by Gasteiger charge is -2.42. The summed E-state index contributed by atoms with van der Waals surface area (Å²) in [5.74, 6) is -2.26. The van der Waals surface area contributed by atoms with E-state index >= 15 is 19.2 Å².